The number of benzene rings is 2. The molecule has 0 saturated heterocycles. The lowest BCUT2D eigenvalue weighted by Gasteiger charge is -2.10. The van der Waals surface area contributed by atoms with Gasteiger partial charge >= 0.3 is 5.97 Å². The molecule has 0 aliphatic heterocycles. The summed E-state index contributed by atoms with van der Waals surface area (Å²) in [5.74, 6) is -0.776. The number of Topliss-reactive ketones (excluding diaryl/α,β-unsaturated/α-hetero) is 1. The van der Waals surface area contributed by atoms with Gasteiger partial charge in [-0.2, -0.15) is 0 Å². The van der Waals surface area contributed by atoms with Gasteiger partial charge in [0.1, 0.15) is 6.33 Å². The first-order chi connectivity index (χ1) is 15.5. The van der Waals surface area contributed by atoms with Crippen LogP contribution in [-0.4, -0.2) is 43.1 Å². The standard InChI is InChI=1S/C24H23N5O3/c1-17-14-22(18(2)28(17)13-12-19-6-4-3-5-7-19)23(30)15-32-24(31)20-8-10-21(11-9-20)29-16-25-26-27-29/h3-11,14,16H,12-13,15H2,1-2H3. The maximum absolute atomic E-state index is 12.7. The van der Waals surface area contributed by atoms with Gasteiger partial charge in [-0.1, -0.05) is 30.3 Å². The Morgan fingerprint density at radius 1 is 1.00 bits per heavy atom. The van der Waals surface area contributed by atoms with Crippen molar-refractivity contribution >= 4 is 11.8 Å². The third kappa shape index (κ3) is 4.64. The molecule has 32 heavy (non-hydrogen) atoms. The lowest BCUT2D eigenvalue weighted by Crippen LogP contribution is -2.15. The number of rotatable bonds is 8. The highest BCUT2D eigenvalue weighted by Crippen LogP contribution is 2.17. The zero-order chi connectivity index (χ0) is 22.5. The summed E-state index contributed by atoms with van der Waals surface area (Å²) in [7, 11) is 0. The molecule has 0 N–H and O–H groups in total. The SMILES string of the molecule is Cc1cc(C(=O)COC(=O)c2ccc(-n3cnnn3)cc2)c(C)n1CCc1ccccc1. The molecule has 2 heterocycles. The normalized spacial score (nSPS) is 10.8. The van der Waals surface area contributed by atoms with Gasteiger partial charge in [0.25, 0.3) is 0 Å². The molecular weight excluding hydrogens is 406 g/mol. The summed E-state index contributed by atoms with van der Waals surface area (Å²) in [6, 6.07) is 18.7. The molecule has 0 unspecified atom stereocenters. The van der Waals surface area contributed by atoms with E-state index in [9.17, 15) is 9.59 Å². The van der Waals surface area contributed by atoms with Gasteiger partial charge < -0.3 is 9.30 Å². The molecule has 2 aromatic carbocycles. The average Bonchev–Trinajstić information content (AvgIpc) is 3.45. The second-order valence-electron chi connectivity index (χ2n) is 7.47. The van der Waals surface area contributed by atoms with E-state index in [1.165, 1.54) is 16.6 Å². The Morgan fingerprint density at radius 3 is 2.44 bits per heavy atom. The fourth-order valence-electron chi connectivity index (χ4n) is 3.64. The van der Waals surface area contributed by atoms with Crippen molar-refractivity contribution in [3.8, 4) is 5.69 Å². The van der Waals surface area contributed by atoms with Crippen molar-refractivity contribution in [3.63, 3.8) is 0 Å². The predicted molar refractivity (Wildman–Crippen MR) is 118 cm³/mol. The summed E-state index contributed by atoms with van der Waals surface area (Å²) in [4.78, 5) is 25.1. The Labute approximate surface area is 185 Å². The van der Waals surface area contributed by atoms with E-state index < -0.39 is 5.97 Å². The highest BCUT2D eigenvalue weighted by molar-refractivity contribution is 6.00. The molecule has 2 aromatic heterocycles. The van der Waals surface area contributed by atoms with Crippen LogP contribution in [0.2, 0.25) is 0 Å². The number of tetrazole rings is 1. The van der Waals surface area contributed by atoms with Crippen molar-refractivity contribution < 1.29 is 14.3 Å². The third-order valence-electron chi connectivity index (χ3n) is 5.39. The van der Waals surface area contributed by atoms with Crippen LogP contribution in [0.25, 0.3) is 5.69 Å². The largest absolute Gasteiger partial charge is 0.454 e. The molecule has 0 spiro atoms. The molecule has 4 rings (SSSR count). The third-order valence-corrected chi connectivity index (χ3v) is 5.39. The number of ketones is 1. The van der Waals surface area contributed by atoms with Crippen LogP contribution >= 0.6 is 0 Å². The first-order valence-electron chi connectivity index (χ1n) is 10.3. The number of carbonyl (C=O) groups is 2. The zero-order valence-corrected chi connectivity index (χ0v) is 17.9. The molecule has 0 aliphatic rings. The smallest absolute Gasteiger partial charge is 0.338 e. The minimum absolute atomic E-state index is 0.220. The maximum Gasteiger partial charge on any atom is 0.338 e. The number of esters is 1. The Morgan fingerprint density at radius 2 is 1.75 bits per heavy atom. The van der Waals surface area contributed by atoms with E-state index in [2.05, 4.69) is 32.2 Å². The highest BCUT2D eigenvalue weighted by atomic mass is 16.5. The van der Waals surface area contributed by atoms with Crippen molar-refractivity contribution in [3.05, 3.63) is 95.1 Å². The summed E-state index contributed by atoms with van der Waals surface area (Å²) >= 11 is 0. The van der Waals surface area contributed by atoms with Crippen molar-refractivity contribution in [2.75, 3.05) is 6.61 Å². The predicted octanol–water partition coefficient (Wildman–Crippen LogP) is 3.36. The minimum atomic E-state index is -0.556. The Balaban J connectivity index is 1.37. The minimum Gasteiger partial charge on any atom is -0.454 e. The van der Waals surface area contributed by atoms with Crippen LogP contribution in [0.3, 0.4) is 0 Å². The first kappa shape index (κ1) is 21.2. The van der Waals surface area contributed by atoms with Crippen LogP contribution in [0, 0.1) is 13.8 Å². The fourth-order valence-corrected chi connectivity index (χ4v) is 3.64. The lowest BCUT2D eigenvalue weighted by molar-refractivity contribution is 0.0474. The van der Waals surface area contributed by atoms with E-state index in [1.807, 2.05) is 38.1 Å². The van der Waals surface area contributed by atoms with Gasteiger partial charge in [0.15, 0.2) is 6.61 Å². The van der Waals surface area contributed by atoms with E-state index in [-0.39, 0.29) is 12.4 Å². The van der Waals surface area contributed by atoms with Gasteiger partial charge in [0, 0.05) is 23.5 Å². The number of aryl methyl sites for hydroxylation is 2. The molecule has 0 radical (unpaired) electrons. The highest BCUT2D eigenvalue weighted by Gasteiger charge is 2.18. The number of carbonyl (C=O) groups excluding carboxylic acids is 2. The zero-order valence-electron chi connectivity index (χ0n) is 17.9. The second kappa shape index (κ2) is 9.38. The van der Waals surface area contributed by atoms with Gasteiger partial charge in [0.2, 0.25) is 5.78 Å². The molecule has 0 fully saturated rings. The molecule has 162 valence electrons. The number of nitrogens with zero attached hydrogens (tertiary/aromatic N) is 5. The number of hydrogen-bond donors (Lipinski definition) is 0. The monoisotopic (exact) mass is 429 g/mol. The Kier molecular flexibility index (Phi) is 6.21. The first-order valence-corrected chi connectivity index (χ1v) is 10.3. The number of aromatic nitrogens is 5. The summed E-state index contributed by atoms with van der Waals surface area (Å²) in [6.45, 7) is 4.37. The van der Waals surface area contributed by atoms with E-state index in [0.717, 1.165) is 24.4 Å². The van der Waals surface area contributed by atoms with E-state index >= 15 is 0 Å². The summed E-state index contributed by atoms with van der Waals surface area (Å²) in [6.07, 6.45) is 2.34. The average molecular weight is 429 g/mol. The molecule has 8 nitrogen and oxygen atoms in total. The van der Waals surface area contributed by atoms with Crippen LogP contribution in [0.15, 0.2) is 67.0 Å². The van der Waals surface area contributed by atoms with Crippen LogP contribution in [-0.2, 0) is 17.7 Å². The van der Waals surface area contributed by atoms with Crippen LogP contribution in [0.5, 0.6) is 0 Å². The molecule has 0 atom stereocenters. The molecule has 0 amide bonds. The van der Waals surface area contributed by atoms with Gasteiger partial charge in [-0.05, 0) is 66.6 Å². The van der Waals surface area contributed by atoms with Crippen molar-refractivity contribution in [1.29, 1.82) is 0 Å². The maximum atomic E-state index is 12.7. The summed E-state index contributed by atoms with van der Waals surface area (Å²) < 4.78 is 8.87. The van der Waals surface area contributed by atoms with Crippen molar-refractivity contribution in [2.24, 2.45) is 0 Å². The molecule has 0 aliphatic carbocycles. The topological polar surface area (TPSA) is 91.9 Å². The molecule has 4 aromatic rings. The van der Waals surface area contributed by atoms with Gasteiger partial charge in [-0.15, -0.1) is 5.10 Å². The Hall–Kier alpha value is -4.07. The number of hydrogen-bond acceptors (Lipinski definition) is 6. The van der Waals surface area contributed by atoms with Crippen LogP contribution in [0.4, 0.5) is 0 Å². The lowest BCUT2D eigenvalue weighted by atomic mass is 10.1. The van der Waals surface area contributed by atoms with E-state index in [0.29, 0.717) is 16.8 Å². The number of ether oxygens (including phenoxy) is 1. The van der Waals surface area contributed by atoms with Crippen LogP contribution < -0.4 is 0 Å². The van der Waals surface area contributed by atoms with E-state index in [4.69, 9.17) is 4.74 Å². The summed E-state index contributed by atoms with van der Waals surface area (Å²) in [5.41, 5.74) is 4.77. The van der Waals surface area contributed by atoms with Gasteiger partial charge in [-0.3, -0.25) is 4.79 Å². The van der Waals surface area contributed by atoms with Gasteiger partial charge in [-0.25, -0.2) is 9.48 Å². The van der Waals surface area contributed by atoms with Crippen molar-refractivity contribution in [1.82, 2.24) is 24.8 Å². The quantitative estimate of drug-likeness (QED) is 0.315. The Bertz CT molecular complexity index is 1210. The molecule has 0 saturated carbocycles. The summed E-state index contributed by atoms with van der Waals surface area (Å²) in [5, 5.41) is 10.9. The molecular formula is C24H23N5O3. The molecule has 0 bridgehead atoms. The van der Waals surface area contributed by atoms with E-state index in [1.54, 1.807) is 24.3 Å². The van der Waals surface area contributed by atoms with Gasteiger partial charge in [0.05, 0.1) is 11.3 Å². The fraction of sp³-hybridized carbons (Fsp3) is 0.208. The van der Waals surface area contributed by atoms with Crippen molar-refractivity contribution in [2.45, 2.75) is 26.8 Å². The molecule has 8 heteroatoms. The second-order valence-corrected chi connectivity index (χ2v) is 7.47. The van der Waals surface area contributed by atoms with Crippen LogP contribution in [0.1, 0.15) is 37.7 Å².